The number of rotatable bonds is 5. The van der Waals surface area contributed by atoms with Gasteiger partial charge in [-0.15, -0.1) is 5.10 Å². The highest BCUT2D eigenvalue weighted by atomic mass is 19.1. The van der Waals surface area contributed by atoms with Crippen molar-refractivity contribution in [2.24, 2.45) is 5.10 Å². The third kappa shape index (κ3) is 4.09. The molecule has 3 aromatic carbocycles. The van der Waals surface area contributed by atoms with E-state index in [0.29, 0.717) is 5.84 Å². The lowest BCUT2D eigenvalue weighted by molar-refractivity contribution is -0.111. The Bertz CT molecular complexity index is 1170. The summed E-state index contributed by atoms with van der Waals surface area (Å²) in [6, 6.07) is 22.7. The fourth-order valence-electron chi connectivity index (χ4n) is 4.55. The van der Waals surface area contributed by atoms with Gasteiger partial charge in [0.2, 0.25) is 0 Å². The van der Waals surface area contributed by atoms with Crippen molar-refractivity contribution in [1.29, 1.82) is 0 Å². The molecule has 5 nitrogen and oxygen atoms in total. The van der Waals surface area contributed by atoms with Crippen LogP contribution in [0.1, 0.15) is 37.1 Å². The first-order chi connectivity index (χ1) is 16.0. The van der Waals surface area contributed by atoms with Crippen molar-refractivity contribution in [2.75, 3.05) is 27.9 Å². The fraction of sp³-hybridized carbons (Fsp3) is 0.259. The number of hydrogen-bond acceptors (Lipinski definition) is 5. The van der Waals surface area contributed by atoms with Crippen LogP contribution >= 0.6 is 0 Å². The summed E-state index contributed by atoms with van der Waals surface area (Å²) in [5, 5.41) is 6.59. The molecule has 1 atom stereocenters. The molecule has 0 saturated carbocycles. The molecule has 0 N–H and O–H groups in total. The Labute approximate surface area is 193 Å². The number of ketones is 1. The van der Waals surface area contributed by atoms with E-state index in [1.54, 1.807) is 12.1 Å². The molecule has 2 aliphatic heterocycles. The highest BCUT2D eigenvalue weighted by Gasteiger charge is 2.39. The van der Waals surface area contributed by atoms with E-state index in [1.165, 1.54) is 37.6 Å². The molecule has 168 valence electrons. The number of anilines is 3. The maximum absolute atomic E-state index is 13.7. The van der Waals surface area contributed by atoms with E-state index in [0.717, 1.165) is 35.6 Å². The molecule has 2 heterocycles. The van der Waals surface area contributed by atoms with Gasteiger partial charge in [-0.25, -0.2) is 9.40 Å². The number of carbonyl (C=O) groups excluding carboxylic acids is 1. The Kier molecular flexibility index (Phi) is 5.58. The number of nitrogens with zero attached hydrogens (tertiary/aromatic N) is 4. The zero-order valence-corrected chi connectivity index (χ0v) is 18.9. The van der Waals surface area contributed by atoms with Crippen molar-refractivity contribution in [1.82, 2.24) is 0 Å². The molecular weight excluding hydrogens is 415 g/mol. The molecule has 0 spiro atoms. The van der Waals surface area contributed by atoms with Gasteiger partial charge in [-0.1, -0.05) is 29.8 Å². The number of halogens is 1. The molecule has 0 aliphatic carbocycles. The van der Waals surface area contributed by atoms with E-state index in [1.807, 2.05) is 53.2 Å². The lowest BCUT2D eigenvalue weighted by Gasteiger charge is -2.32. The van der Waals surface area contributed by atoms with Crippen molar-refractivity contribution >= 4 is 28.7 Å². The van der Waals surface area contributed by atoms with E-state index in [2.05, 4.69) is 17.0 Å². The zero-order valence-electron chi connectivity index (χ0n) is 18.9. The second kappa shape index (κ2) is 8.70. The summed E-state index contributed by atoms with van der Waals surface area (Å²) in [6.45, 7) is 5.71. The van der Waals surface area contributed by atoms with Crippen LogP contribution in [0.3, 0.4) is 0 Å². The van der Waals surface area contributed by atoms with E-state index < -0.39 is 6.17 Å². The average Bonchev–Trinajstić information content (AvgIpc) is 3.49. The minimum absolute atomic E-state index is 0.125. The number of hydrazone groups is 1. The molecule has 1 saturated heterocycles. The van der Waals surface area contributed by atoms with Crippen LogP contribution in [-0.2, 0) is 4.79 Å². The van der Waals surface area contributed by atoms with Gasteiger partial charge in [-0.3, -0.25) is 9.69 Å². The van der Waals surface area contributed by atoms with Crippen molar-refractivity contribution in [3.63, 3.8) is 0 Å². The van der Waals surface area contributed by atoms with Gasteiger partial charge in [0.1, 0.15) is 5.82 Å². The Hall–Kier alpha value is -3.67. The molecule has 3 aromatic rings. The predicted molar refractivity (Wildman–Crippen MR) is 131 cm³/mol. The van der Waals surface area contributed by atoms with Crippen LogP contribution in [0.2, 0.25) is 0 Å². The molecule has 1 fully saturated rings. The molecule has 0 bridgehead atoms. The summed E-state index contributed by atoms with van der Waals surface area (Å²) in [4.78, 5) is 17.0. The molecule has 2 aliphatic rings. The second-order valence-corrected chi connectivity index (χ2v) is 8.67. The van der Waals surface area contributed by atoms with Gasteiger partial charge >= 0.3 is 0 Å². The number of hydrogen-bond donors (Lipinski definition) is 0. The molecule has 0 aromatic heterocycles. The number of Topliss-reactive ketones (excluding diaryl/α,β-unsaturated/α-hetero) is 1. The minimum Gasteiger partial charge on any atom is -0.372 e. The van der Waals surface area contributed by atoms with Crippen molar-refractivity contribution in [3.8, 4) is 0 Å². The molecule has 0 amide bonds. The Morgan fingerprint density at radius 3 is 2.03 bits per heavy atom. The van der Waals surface area contributed by atoms with Crippen LogP contribution in [0.5, 0.6) is 0 Å². The van der Waals surface area contributed by atoms with Crippen LogP contribution in [0.4, 0.5) is 21.5 Å². The molecule has 0 radical (unpaired) electrons. The Morgan fingerprint density at radius 2 is 1.42 bits per heavy atom. The summed E-state index contributed by atoms with van der Waals surface area (Å²) in [6.07, 6.45) is 2.02. The van der Waals surface area contributed by atoms with Gasteiger partial charge in [0.25, 0.3) is 0 Å². The fourth-order valence-corrected chi connectivity index (χ4v) is 4.55. The van der Waals surface area contributed by atoms with E-state index in [9.17, 15) is 9.18 Å². The standard InChI is InChI=1S/C27H27FN4O/c1-19-5-11-25(12-6-19)32-27(21-7-9-22(28)10-8-21)31(26(29-32)20(2)33)24-15-13-23(14-16-24)30-17-3-4-18-30/h5-16,27H,3-4,17-18H2,1-2H3. The number of aryl methyl sites for hydroxylation is 1. The topological polar surface area (TPSA) is 39.2 Å². The molecule has 33 heavy (non-hydrogen) atoms. The second-order valence-electron chi connectivity index (χ2n) is 8.67. The third-order valence-corrected chi connectivity index (χ3v) is 6.29. The lowest BCUT2D eigenvalue weighted by atomic mass is 10.1. The monoisotopic (exact) mass is 442 g/mol. The van der Waals surface area contributed by atoms with E-state index in [-0.39, 0.29) is 11.6 Å². The lowest BCUT2D eigenvalue weighted by Crippen LogP contribution is -2.37. The summed E-state index contributed by atoms with van der Waals surface area (Å²) in [7, 11) is 0. The first-order valence-corrected chi connectivity index (χ1v) is 11.4. The first kappa shape index (κ1) is 21.2. The van der Waals surface area contributed by atoms with Crippen molar-refractivity contribution in [2.45, 2.75) is 32.9 Å². The van der Waals surface area contributed by atoms with Gasteiger partial charge in [0, 0.05) is 31.4 Å². The van der Waals surface area contributed by atoms with Gasteiger partial charge in [-0.2, -0.15) is 0 Å². The zero-order chi connectivity index (χ0) is 22.9. The van der Waals surface area contributed by atoms with E-state index in [4.69, 9.17) is 5.10 Å². The molecule has 1 unspecified atom stereocenters. The predicted octanol–water partition coefficient (Wildman–Crippen LogP) is 5.66. The summed E-state index contributed by atoms with van der Waals surface area (Å²) < 4.78 is 13.7. The third-order valence-electron chi connectivity index (χ3n) is 6.29. The highest BCUT2D eigenvalue weighted by molar-refractivity contribution is 6.44. The average molecular weight is 443 g/mol. The van der Waals surface area contributed by atoms with Crippen molar-refractivity contribution in [3.05, 3.63) is 89.7 Å². The van der Waals surface area contributed by atoms with Gasteiger partial charge in [-0.05, 0) is 73.9 Å². The van der Waals surface area contributed by atoms with Gasteiger partial charge in [0.15, 0.2) is 17.8 Å². The van der Waals surface area contributed by atoms with Crippen LogP contribution in [0.15, 0.2) is 77.9 Å². The van der Waals surface area contributed by atoms with E-state index >= 15 is 0 Å². The number of amidine groups is 1. The highest BCUT2D eigenvalue weighted by Crippen LogP contribution is 2.39. The molecular formula is C27H27FN4O. The normalized spacial score (nSPS) is 18.1. The smallest absolute Gasteiger partial charge is 0.198 e. The maximum atomic E-state index is 13.7. The summed E-state index contributed by atoms with van der Waals surface area (Å²) >= 11 is 0. The van der Waals surface area contributed by atoms with Crippen LogP contribution < -0.4 is 14.8 Å². The van der Waals surface area contributed by atoms with Crippen LogP contribution in [0.25, 0.3) is 0 Å². The maximum Gasteiger partial charge on any atom is 0.198 e. The quantitative estimate of drug-likeness (QED) is 0.511. The minimum atomic E-state index is -0.412. The van der Waals surface area contributed by atoms with Gasteiger partial charge < -0.3 is 4.90 Å². The summed E-state index contributed by atoms with van der Waals surface area (Å²) in [5.41, 5.74) is 4.91. The Morgan fingerprint density at radius 1 is 0.848 bits per heavy atom. The number of carbonyl (C=O) groups is 1. The largest absolute Gasteiger partial charge is 0.372 e. The Balaban J connectivity index is 1.59. The van der Waals surface area contributed by atoms with Crippen molar-refractivity contribution < 1.29 is 9.18 Å². The van der Waals surface area contributed by atoms with Crippen LogP contribution in [0, 0.1) is 12.7 Å². The number of benzene rings is 3. The van der Waals surface area contributed by atoms with Crippen LogP contribution in [-0.4, -0.2) is 24.7 Å². The SMILES string of the molecule is CC(=O)C1=NN(c2ccc(C)cc2)C(c2ccc(F)cc2)N1c1ccc(N2CCCC2)cc1. The summed E-state index contributed by atoms with van der Waals surface area (Å²) in [5.74, 6) is -0.0629. The molecule has 6 heteroatoms. The molecule has 5 rings (SSSR count). The first-order valence-electron chi connectivity index (χ1n) is 11.4. The van der Waals surface area contributed by atoms with Gasteiger partial charge in [0.05, 0.1) is 5.69 Å².